The van der Waals surface area contributed by atoms with Gasteiger partial charge in [0.25, 0.3) is 0 Å². The van der Waals surface area contributed by atoms with Crippen molar-refractivity contribution in [2.45, 2.75) is 0 Å². The Morgan fingerprint density at radius 2 is 2.00 bits per heavy atom. The van der Waals surface area contributed by atoms with E-state index < -0.39 is 11.9 Å². The molecule has 1 N–H and O–H groups in total. The number of halogens is 3. The van der Waals surface area contributed by atoms with E-state index >= 15 is 0 Å². The molecule has 0 aliphatic rings. The number of carbonyl (C=O) groups is 2. The number of hydrogen-bond donors (Lipinski definition) is 1. The fraction of sp³-hybridized carbons (Fsp3) is 0.111. The SMILES string of the molecule is O=C(CI)Oc1c(Br)cc(Br)cc1C(=O)O. The van der Waals surface area contributed by atoms with Gasteiger partial charge in [-0.1, -0.05) is 38.5 Å². The highest BCUT2D eigenvalue weighted by Gasteiger charge is 2.18. The zero-order valence-corrected chi connectivity index (χ0v) is 13.0. The van der Waals surface area contributed by atoms with Crippen LogP contribution in [0.2, 0.25) is 0 Å². The van der Waals surface area contributed by atoms with E-state index in [1.165, 1.54) is 6.07 Å². The van der Waals surface area contributed by atoms with Gasteiger partial charge in [-0.2, -0.15) is 0 Å². The maximum atomic E-state index is 11.1. The van der Waals surface area contributed by atoms with Gasteiger partial charge in [-0.05, 0) is 28.1 Å². The zero-order chi connectivity index (χ0) is 12.3. The predicted molar refractivity (Wildman–Crippen MR) is 73.3 cm³/mol. The van der Waals surface area contributed by atoms with Crippen LogP contribution in [0, 0.1) is 0 Å². The summed E-state index contributed by atoms with van der Waals surface area (Å²) in [5.74, 6) is -1.62. The summed E-state index contributed by atoms with van der Waals surface area (Å²) in [6, 6.07) is 2.99. The van der Waals surface area contributed by atoms with Crippen molar-refractivity contribution in [3.05, 3.63) is 26.6 Å². The summed E-state index contributed by atoms with van der Waals surface area (Å²) in [7, 11) is 0. The number of carboxylic acid groups (broad SMARTS) is 1. The molecule has 0 aliphatic carbocycles. The molecule has 0 heterocycles. The molecule has 1 aromatic rings. The number of carboxylic acids is 1. The van der Waals surface area contributed by atoms with E-state index in [0.29, 0.717) is 8.95 Å². The molecule has 7 heteroatoms. The van der Waals surface area contributed by atoms with E-state index in [0.717, 1.165) is 0 Å². The Kier molecular flexibility index (Phi) is 5.19. The number of hydrogen-bond acceptors (Lipinski definition) is 3. The van der Waals surface area contributed by atoms with Crippen LogP contribution in [-0.2, 0) is 4.79 Å². The Bertz CT molecular complexity index is 447. The topological polar surface area (TPSA) is 63.6 Å². The number of aromatic carboxylic acids is 1. The Balaban J connectivity index is 3.24. The molecule has 0 saturated heterocycles. The molecule has 16 heavy (non-hydrogen) atoms. The minimum atomic E-state index is -1.15. The van der Waals surface area contributed by atoms with Gasteiger partial charge in [-0.15, -0.1) is 0 Å². The Hall–Kier alpha value is -0.150. The standard InChI is InChI=1S/C9H5Br2IO4/c10-4-1-5(9(14)15)8(6(11)2-4)16-7(13)3-12/h1-2H,3H2,(H,14,15). The van der Waals surface area contributed by atoms with Crippen LogP contribution in [0.5, 0.6) is 5.75 Å². The monoisotopic (exact) mass is 462 g/mol. The molecule has 1 aromatic carbocycles. The van der Waals surface area contributed by atoms with E-state index in [9.17, 15) is 9.59 Å². The van der Waals surface area contributed by atoms with Gasteiger partial charge in [0.05, 0.1) is 8.90 Å². The van der Waals surface area contributed by atoms with Crippen molar-refractivity contribution in [2.24, 2.45) is 0 Å². The summed E-state index contributed by atoms with van der Waals surface area (Å²) in [6.45, 7) is 0. The first kappa shape index (κ1) is 13.9. The third-order valence-electron chi connectivity index (χ3n) is 1.56. The first-order chi connectivity index (χ1) is 7.45. The molecule has 0 aliphatic heterocycles. The Labute approximate surface area is 122 Å². The average molecular weight is 464 g/mol. The predicted octanol–water partition coefficient (Wildman–Crippen LogP) is 3.25. The van der Waals surface area contributed by atoms with Gasteiger partial charge in [-0.3, -0.25) is 4.79 Å². The summed E-state index contributed by atoms with van der Waals surface area (Å²) in [4.78, 5) is 22.1. The number of ether oxygens (including phenoxy) is 1. The maximum Gasteiger partial charge on any atom is 0.339 e. The zero-order valence-electron chi connectivity index (χ0n) is 7.67. The van der Waals surface area contributed by atoms with Crippen molar-refractivity contribution in [3.63, 3.8) is 0 Å². The van der Waals surface area contributed by atoms with Crippen molar-refractivity contribution >= 4 is 66.4 Å². The van der Waals surface area contributed by atoms with Crippen LogP contribution in [0.25, 0.3) is 0 Å². The molecule has 0 amide bonds. The number of rotatable bonds is 3. The summed E-state index contributed by atoms with van der Waals surface area (Å²) in [5.41, 5.74) is -0.0700. The second-order valence-electron chi connectivity index (χ2n) is 2.68. The minimum absolute atomic E-state index is 0.0253. The summed E-state index contributed by atoms with van der Waals surface area (Å²) >= 11 is 8.16. The van der Waals surface area contributed by atoms with Gasteiger partial charge in [-0.25, -0.2) is 4.79 Å². The lowest BCUT2D eigenvalue weighted by atomic mass is 10.2. The fourth-order valence-electron chi connectivity index (χ4n) is 0.964. The van der Waals surface area contributed by atoms with Crippen molar-refractivity contribution in [1.82, 2.24) is 0 Å². The fourth-order valence-corrected chi connectivity index (χ4v) is 2.43. The molecule has 1 rings (SSSR count). The third kappa shape index (κ3) is 3.42. The van der Waals surface area contributed by atoms with E-state index in [1.807, 2.05) is 22.6 Å². The van der Waals surface area contributed by atoms with Crippen LogP contribution in [0.1, 0.15) is 10.4 Å². The highest BCUT2D eigenvalue weighted by molar-refractivity contribution is 14.1. The lowest BCUT2D eigenvalue weighted by Crippen LogP contribution is -2.12. The molecule has 0 spiro atoms. The van der Waals surface area contributed by atoms with Gasteiger partial charge in [0.1, 0.15) is 5.56 Å². The van der Waals surface area contributed by atoms with Crippen LogP contribution in [0.4, 0.5) is 0 Å². The Morgan fingerprint density at radius 3 is 2.50 bits per heavy atom. The number of benzene rings is 1. The van der Waals surface area contributed by atoms with E-state index in [2.05, 4.69) is 31.9 Å². The molecule has 0 bridgehead atoms. The normalized spacial score (nSPS) is 9.94. The molecule has 0 radical (unpaired) electrons. The molecular formula is C9H5Br2IO4. The summed E-state index contributed by atoms with van der Waals surface area (Å²) in [6.07, 6.45) is 0. The Morgan fingerprint density at radius 1 is 1.38 bits per heavy atom. The first-order valence-corrected chi connectivity index (χ1v) is 7.06. The quantitative estimate of drug-likeness (QED) is 0.323. The van der Waals surface area contributed by atoms with Crippen LogP contribution in [0.15, 0.2) is 21.1 Å². The van der Waals surface area contributed by atoms with Gasteiger partial charge >= 0.3 is 11.9 Å². The number of alkyl halides is 1. The van der Waals surface area contributed by atoms with Gasteiger partial charge in [0.2, 0.25) is 0 Å². The van der Waals surface area contributed by atoms with Crippen molar-refractivity contribution in [1.29, 1.82) is 0 Å². The summed E-state index contributed by atoms with van der Waals surface area (Å²) < 4.78 is 6.10. The van der Waals surface area contributed by atoms with Crippen molar-refractivity contribution < 1.29 is 19.4 Å². The van der Waals surface area contributed by atoms with Crippen LogP contribution >= 0.6 is 54.5 Å². The molecule has 0 atom stereocenters. The second kappa shape index (κ2) is 5.97. The second-order valence-corrected chi connectivity index (χ2v) is 5.21. The summed E-state index contributed by atoms with van der Waals surface area (Å²) in [5, 5.41) is 8.97. The molecular weight excluding hydrogens is 459 g/mol. The molecule has 0 aromatic heterocycles. The van der Waals surface area contributed by atoms with E-state index in [4.69, 9.17) is 9.84 Å². The molecule has 0 unspecified atom stereocenters. The van der Waals surface area contributed by atoms with Crippen LogP contribution < -0.4 is 4.74 Å². The third-order valence-corrected chi connectivity index (χ3v) is 3.23. The van der Waals surface area contributed by atoms with Gasteiger partial charge in [0.15, 0.2) is 5.75 Å². The van der Waals surface area contributed by atoms with Crippen LogP contribution in [0.3, 0.4) is 0 Å². The van der Waals surface area contributed by atoms with E-state index in [1.54, 1.807) is 6.07 Å². The largest absolute Gasteiger partial charge is 0.478 e. The highest BCUT2D eigenvalue weighted by Crippen LogP contribution is 2.33. The van der Waals surface area contributed by atoms with Crippen molar-refractivity contribution in [2.75, 3.05) is 4.43 Å². The van der Waals surface area contributed by atoms with E-state index in [-0.39, 0.29) is 15.7 Å². The van der Waals surface area contributed by atoms with Crippen molar-refractivity contribution in [3.8, 4) is 5.75 Å². The van der Waals surface area contributed by atoms with Gasteiger partial charge < -0.3 is 9.84 Å². The first-order valence-electron chi connectivity index (χ1n) is 3.94. The lowest BCUT2D eigenvalue weighted by molar-refractivity contribution is -0.131. The molecule has 86 valence electrons. The molecule has 0 fully saturated rings. The lowest BCUT2D eigenvalue weighted by Gasteiger charge is -2.09. The number of carbonyl (C=O) groups excluding carboxylic acids is 1. The molecule has 4 nitrogen and oxygen atoms in total. The highest BCUT2D eigenvalue weighted by atomic mass is 127. The smallest absolute Gasteiger partial charge is 0.339 e. The number of esters is 1. The average Bonchev–Trinajstić information content (AvgIpc) is 2.20. The van der Waals surface area contributed by atoms with Crippen LogP contribution in [-0.4, -0.2) is 21.5 Å². The minimum Gasteiger partial charge on any atom is -0.478 e. The maximum absolute atomic E-state index is 11.1. The molecule has 0 saturated carbocycles. The van der Waals surface area contributed by atoms with Gasteiger partial charge in [0, 0.05) is 4.47 Å².